The minimum absolute atomic E-state index is 0.00295. The Hall–Kier alpha value is -10.8. The number of guanidine groups is 1. The molecule has 2 heterocycles. The minimum Gasteiger partial charge on any atom is -0.394 e. The second kappa shape index (κ2) is 41.3. The van der Waals surface area contributed by atoms with Crippen molar-refractivity contribution in [3.63, 3.8) is 0 Å². The largest absolute Gasteiger partial charge is 0.394 e. The average Bonchev–Trinajstić information content (AvgIpc) is 1.59. The molecule has 576 valence electrons. The Bertz CT molecular complexity index is 4080. The number of morpholine rings is 1. The summed E-state index contributed by atoms with van der Waals surface area (Å²) >= 11 is 6.27. The van der Waals surface area contributed by atoms with Gasteiger partial charge in [0.1, 0.15) is 60.4 Å². The SMILES string of the molecule is CC(=O)N[C@H](Cc1ccc2ccccc2c1)C(=O)N[C@H](Cc1ccc(Cl)cc1)C(=O)N[C@H](Cc1ccccc1)C(=O)N[C@@H](CO)C(=O)N[C@@H](Cc1ccc(CN2CCOCC2)cc1)C(=O)N[C@H](Cc1ccccc1)C(=O)N[C@@H](CC(C)C)C(=O)N[C@@H](CCCNC(=N)N)C(=O)N1CCC[C@H]1C(=O)N[C@H](C)C(N)=O. The van der Waals surface area contributed by atoms with Crippen LogP contribution in [0.3, 0.4) is 0 Å². The molecule has 2 aliphatic rings. The Morgan fingerprint density at radius 3 is 1.44 bits per heavy atom. The highest BCUT2D eigenvalue weighted by molar-refractivity contribution is 6.30. The molecule has 8 rings (SSSR count). The van der Waals surface area contributed by atoms with E-state index in [1.54, 1.807) is 97.1 Å². The lowest BCUT2D eigenvalue weighted by molar-refractivity contribution is -0.142. The molecule has 11 amide bonds. The van der Waals surface area contributed by atoms with Gasteiger partial charge in [-0.05, 0) is 101 Å². The van der Waals surface area contributed by atoms with Gasteiger partial charge in [0.15, 0.2) is 5.96 Å². The molecule has 2 fully saturated rings. The number of aliphatic hydroxyl groups excluding tert-OH is 1. The van der Waals surface area contributed by atoms with Crippen LogP contribution < -0.4 is 64.6 Å². The zero-order chi connectivity index (χ0) is 77.8. The molecule has 0 aliphatic carbocycles. The van der Waals surface area contributed by atoms with E-state index >= 15 is 9.59 Å². The van der Waals surface area contributed by atoms with Crippen molar-refractivity contribution in [2.75, 3.05) is 46.0 Å². The van der Waals surface area contributed by atoms with Crippen LogP contribution in [0.25, 0.3) is 10.8 Å². The number of nitrogens with two attached hydrogens (primary N) is 2. The summed E-state index contributed by atoms with van der Waals surface area (Å²) in [5.74, 6) is -9.05. The zero-order valence-electron chi connectivity index (χ0n) is 61.3. The topological polar surface area (TPSA) is 420 Å². The summed E-state index contributed by atoms with van der Waals surface area (Å²) in [4.78, 5) is 161. The Morgan fingerprint density at radius 1 is 0.509 bits per heavy atom. The number of hydrogen-bond acceptors (Lipinski definition) is 15. The number of ether oxygens (including phenoxy) is 1. The standard InChI is InChI=1S/C79H100ClN15O13/c1-48(2)39-61(70(99)87-60(21-13-33-84-79(82)83)78(107)95-34-14-22-68(95)77(106)85-49(3)69(81)98)88-72(101)63(41-51-15-7-5-8-16-51)90-74(103)66(43-53-23-25-55(26-24-53)46-94-35-37-108-38-36-94)92-76(105)67(47-96)93-75(104)64(42-52-17-9-6-10-18-52)91-73(102)65(44-54-28-31-59(80)32-29-54)89-71(100)62(86-50(4)97)45-56-27-30-57-19-11-12-20-58(57)40-56/h5-12,15-20,23-32,40,48-49,60-68,96H,13-14,21-22,33-39,41-47H2,1-4H3,(H2,81,98)(H,85,106)(H,86,97)(H,87,99)(H,88,101)(H,89,100)(H,90,103)(H,91,102)(H,92,105)(H,93,104)(H4,82,83,84)/t49-,60+,61+,62-,63-,64-,65-,66+,67+,68+/m1/s1. The van der Waals surface area contributed by atoms with Gasteiger partial charge < -0.3 is 79.4 Å². The van der Waals surface area contributed by atoms with Gasteiger partial charge in [-0.25, -0.2) is 0 Å². The predicted octanol–water partition coefficient (Wildman–Crippen LogP) is 2.02. The first kappa shape index (κ1) is 82.8. The van der Waals surface area contributed by atoms with E-state index in [0.29, 0.717) is 53.5 Å². The first-order valence-corrected chi connectivity index (χ1v) is 36.8. The molecule has 2 saturated heterocycles. The number of aliphatic hydroxyl groups is 1. The Kier molecular flexibility index (Phi) is 31.7. The first-order valence-electron chi connectivity index (χ1n) is 36.5. The Balaban J connectivity index is 1.05. The highest BCUT2D eigenvalue weighted by atomic mass is 35.5. The number of primary amides is 1. The molecule has 28 nitrogen and oxygen atoms in total. The van der Waals surface area contributed by atoms with Crippen molar-refractivity contribution in [3.8, 4) is 0 Å². The molecule has 108 heavy (non-hydrogen) atoms. The number of carbonyl (C=O) groups is 11. The quantitative estimate of drug-likeness (QED) is 0.0150. The number of rotatable bonds is 38. The molecular formula is C79H100ClN15O13. The summed E-state index contributed by atoms with van der Waals surface area (Å²) in [5, 5.41) is 48.4. The Labute approximate surface area is 633 Å². The number of nitrogens with one attached hydrogen (secondary N) is 11. The molecule has 0 saturated carbocycles. The zero-order valence-corrected chi connectivity index (χ0v) is 62.0. The van der Waals surface area contributed by atoms with Crippen LogP contribution in [0.4, 0.5) is 0 Å². The van der Waals surface area contributed by atoms with E-state index in [4.69, 9.17) is 33.2 Å². The van der Waals surface area contributed by atoms with Crippen molar-refractivity contribution in [1.29, 1.82) is 5.41 Å². The molecule has 6 aromatic rings. The maximum Gasteiger partial charge on any atom is 0.245 e. The fourth-order valence-electron chi connectivity index (χ4n) is 13.0. The van der Waals surface area contributed by atoms with E-state index in [1.807, 2.05) is 68.4 Å². The van der Waals surface area contributed by atoms with Crippen LogP contribution in [-0.2, 0) is 96.1 Å². The highest BCUT2D eigenvalue weighted by Crippen LogP contribution is 2.23. The number of nitrogens with zero attached hydrogens (tertiary/aromatic N) is 2. The fraction of sp³-hybridized carbons (Fsp3) is 0.418. The molecule has 0 aromatic heterocycles. The number of fused-ring (bicyclic) bond motifs is 1. The van der Waals surface area contributed by atoms with E-state index < -0.39 is 132 Å². The van der Waals surface area contributed by atoms with Crippen molar-refractivity contribution in [3.05, 3.63) is 190 Å². The summed E-state index contributed by atoms with van der Waals surface area (Å²) in [6.07, 6.45) is 0.388. The van der Waals surface area contributed by atoms with Crippen LogP contribution in [0.5, 0.6) is 0 Å². The monoisotopic (exact) mass is 1500 g/mol. The van der Waals surface area contributed by atoms with Gasteiger partial charge in [0, 0.05) is 76.8 Å². The van der Waals surface area contributed by atoms with Crippen molar-refractivity contribution < 1.29 is 62.6 Å². The number of benzene rings is 6. The molecule has 0 unspecified atom stereocenters. The smallest absolute Gasteiger partial charge is 0.245 e. The van der Waals surface area contributed by atoms with Gasteiger partial charge in [0.2, 0.25) is 65.0 Å². The maximum atomic E-state index is 15.3. The molecule has 29 heteroatoms. The lowest BCUT2D eigenvalue weighted by Gasteiger charge is -2.31. The highest BCUT2D eigenvalue weighted by Gasteiger charge is 2.40. The summed E-state index contributed by atoms with van der Waals surface area (Å²) in [5.41, 5.74) is 15.0. The second-order valence-electron chi connectivity index (χ2n) is 27.8. The molecular weight excluding hydrogens is 1400 g/mol. The van der Waals surface area contributed by atoms with E-state index in [1.165, 1.54) is 18.7 Å². The second-order valence-corrected chi connectivity index (χ2v) is 28.2. The lowest BCUT2D eigenvalue weighted by Crippen LogP contribution is -2.62. The fourth-order valence-corrected chi connectivity index (χ4v) is 13.1. The number of carbonyl (C=O) groups excluding carboxylic acids is 11. The molecule has 0 radical (unpaired) electrons. The number of hydrogen-bond donors (Lipinski definition) is 14. The third-order valence-corrected chi connectivity index (χ3v) is 19.0. The van der Waals surface area contributed by atoms with E-state index in [9.17, 15) is 48.3 Å². The van der Waals surface area contributed by atoms with E-state index in [2.05, 4.69) is 58.1 Å². The van der Waals surface area contributed by atoms with Gasteiger partial charge in [-0.2, -0.15) is 0 Å². The number of likely N-dealkylation sites (tertiary alicyclic amines) is 1. The van der Waals surface area contributed by atoms with Crippen molar-refractivity contribution in [1.82, 2.24) is 63.0 Å². The maximum absolute atomic E-state index is 15.3. The normalized spacial score (nSPS) is 16.1. The van der Waals surface area contributed by atoms with Crippen molar-refractivity contribution >= 4 is 93.3 Å². The van der Waals surface area contributed by atoms with Crippen LogP contribution >= 0.6 is 11.6 Å². The molecule has 6 aromatic carbocycles. The van der Waals surface area contributed by atoms with Gasteiger partial charge in [0.25, 0.3) is 0 Å². The third kappa shape index (κ3) is 26.0. The Morgan fingerprint density at radius 2 is 0.935 bits per heavy atom. The van der Waals surface area contributed by atoms with Crippen molar-refractivity contribution in [2.24, 2.45) is 17.4 Å². The first-order chi connectivity index (χ1) is 51.8. The van der Waals surface area contributed by atoms with Crippen LogP contribution in [0, 0.1) is 11.3 Å². The van der Waals surface area contributed by atoms with Gasteiger partial charge in [-0.3, -0.25) is 63.0 Å². The molecule has 10 atom stereocenters. The van der Waals surface area contributed by atoms with Crippen LogP contribution in [0.2, 0.25) is 5.02 Å². The summed E-state index contributed by atoms with van der Waals surface area (Å²) in [6.45, 7) is 8.81. The molecule has 0 bridgehead atoms. The van der Waals surface area contributed by atoms with Gasteiger partial charge in [0.05, 0.1) is 19.8 Å². The number of amides is 11. The van der Waals surface area contributed by atoms with Crippen molar-refractivity contribution in [2.45, 2.75) is 159 Å². The van der Waals surface area contributed by atoms with Gasteiger partial charge >= 0.3 is 0 Å². The van der Waals surface area contributed by atoms with E-state index in [0.717, 1.165) is 35.0 Å². The third-order valence-electron chi connectivity index (χ3n) is 18.7. The lowest BCUT2D eigenvalue weighted by atomic mass is 9.99. The van der Waals surface area contributed by atoms with Crippen LogP contribution in [0.1, 0.15) is 93.2 Å². The average molecular weight is 1500 g/mol. The van der Waals surface area contributed by atoms with Crippen LogP contribution in [-0.4, -0.2) is 192 Å². The molecule has 2 aliphatic heterocycles. The number of halogens is 1. The molecule has 0 spiro atoms. The van der Waals surface area contributed by atoms with Crippen LogP contribution in [0.15, 0.2) is 152 Å². The summed E-state index contributed by atoms with van der Waals surface area (Å²) < 4.78 is 5.55. The summed E-state index contributed by atoms with van der Waals surface area (Å²) in [6, 6.07) is 31.2. The van der Waals surface area contributed by atoms with Gasteiger partial charge in [-0.1, -0.05) is 165 Å². The van der Waals surface area contributed by atoms with Gasteiger partial charge in [-0.15, -0.1) is 0 Å². The minimum atomic E-state index is -1.78. The predicted molar refractivity (Wildman–Crippen MR) is 408 cm³/mol. The summed E-state index contributed by atoms with van der Waals surface area (Å²) in [7, 11) is 0. The van der Waals surface area contributed by atoms with E-state index in [-0.39, 0.29) is 82.8 Å². The molecule has 16 N–H and O–H groups in total.